The van der Waals surface area contributed by atoms with Gasteiger partial charge in [-0.05, 0) is 18.2 Å². The SMILES string of the molecule is Clc1ccc2sc(NCc3cscn3)nc2c1. The third-order valence-electron chi connectivity index (χ3n) is 2.25. The summed E-state index contributed by atoms with van der Waals surface area (Å²) in [7, 11) is 0. The first-order chi connectivity index (χ1) is 8.31. The van der Waals surface area contributed by atoms with Gasteiger partial charge >= 0.3 is 0 Å². The van der Waals surface area contributed by atoms with Gasteiger partial charge in [0.15, 0.2) is 5.13 Å². The Morgan fingerprint density at radius 1 is 1.35 bits per heavy atom. The number of rotatable bonds is 3. The van der Waals surface area contributed by atoms with Gasteiger partial charge < -0.3 is 5.32 Å². The van der Waals surface area contributed by atoms with Crippen LogP contribution in [0.4, 0.5) is 5.13 Å². The van der Waals surface area contributed by atoms with Crippen LogP contribution in [0.15, 0.2) is 29.1 Å². The Hall–Kier alpha value is -1.17. The topological polar surface area (TPSA) is 37.8 Å². The molecule has 17 heavy (non-hydrogen) atoms. The van der Waals surface area contributed by atoms with Crippen LogP contribution < -0.4 is 5.32 Å². The third kappa shape index (κ3) is 2.41. The van der Waals surface area contributed by atoms with E-state index in [0.29, 0.717) is 11.6 Å². The second-order valence-corrected chi connectivity index (χ2v) is 5.65. The normalized spacial score (nSPS) is 10.9. The molecule has 0 aliphatic rings. The fourth-order valence-corrected chi connectivity index (χ4v) is 3.03. The average molecular weight is 282 g/mol. The van der Waals surface area contributed by atoms with E-state index in [1.807, 2.05) is 29.1 Å². The molecule has 3 nitrogen and oxygen atoms in total. The van der Waals surface area contributed by atoms with E-state index in [9.17, 15) is 0 Å². The zero-order valence-electron chi connectivity index (χ0n) is 8.68. The molecule has 0 radical (unpaired) electrons. The molecule has 0 saturated heterocycles. The van der Waals surface area contributed by atoms with Crippen molar-refractivity contribution in [2.75, 3.05) is 5.32 Å². The summed E-state index contributed by atoms with van der Waals surface area (Å²) in [6.07, 6.45) is 0. The number of halogens is 1. The highest BCUT2D eigenvalue weighted by Crippen LogP contribution is 2.28. The summed E-state index contributed by atoms with van der Waals surface area (Å²) in [6, 6.07) is 5.75. The van der Waals surface area contributed by atoms with E-state index in [0.717, 1.165) is 21.0 Å². The molecule has 1 N–H and O–H groups in total. The van der Waals surface area contributed by atoms with Crippen LogP contribution in [-0.2, 0) is 6.54 Å². The highest BCUT2D eigenvalue weighted by molar-refractivity contribution is 7.22. The van der Waals surface area contributed by atoms with Crippen molar-refractivity contribution in [3.8, 4) is 0 Å². The summed E-state index contributed by atoms with van der Waals surface area (Å²) in [5, 5.41) is 6.90. The van der Waals surface area contributed by atoms with Crippen molar-refractivity contribution < 1.29 is 0 Å². The van der Waals surface area contributed by atoms with E-state index in [4.69, 9.17) is 11.6 Å². The lowest BCUT2D eigenvalue weighted by Gasteiger charge is -1.97. The minimum atomic E-state index is 0.705. The second-order valence-electron chi connectivity index (χ2n) is 3.46. The highest BCUT2D eigenvalue weighted by Gasteiger charge is 2.04. The van der Waals surface area contributed by atoms with E-state index in [1.165, 1.54) is 0 Å². The molecule has 0 bridgehead atoms. The number of nitrogens with one attached hydrogen (secondary N) is 1. The molecule has 0 atom stereocenters. The van der Waals surface area contributed by atoms with Crippen LogP contribution in [0.1, 0.15) is 5.69 Å². The lowest BCUT2D eigenvalue weighted by Crippen LogP contribution is -1.98. The van der Waals surface area contributed by atoms with E-state index in [-0.39, 0.29) is 0 Å². The van der Waals surface area contributed by atoms with Crippen molar-refractivity contribution in [1.29, 1.82) is 0 Å². The minimum Gasteiger partial charge on any atom is -0.356 e. The predicted octanol–water partition coefficient (Wildman–Crippen LogP) is 4.02. The van der Waals surface area contributed by atoms with Crippen molar-refractivity contribution in [2.24, 2.45) is 0 Å². The molecule has 6 heteroatoms. The molecule has 3 rings (SSSR count). The van der Waals surface area contributed by atoms with Crippen LogP contribution in [0.2, 0.25) is 5.02 Å². The quantitative estimate of drug-likeness (QED) is 0.788. The van der Waals surface area contributed by atoms with E-state index in [1.54, 1.807) is 22.7 Å². The standard InChI is InChI=1S/C11H8ClN3S2/c12-7-1-2-10-9(3-7)15-11(17-10)13-4-8-5-16-6-14-8/h1-3,5-6H,4H2,(H,13,15). The van der Waals surface area contributed by atoms with Crippen molar-refractivity contribution in [2.45, 2.75) is 6.54 Å². The van der Waals surface area contributed by atoms with Gasteiger partial charge in [0.2, 0.25) is 0 Å². The number of aromatic nitrogens is 2. The highest BCUT2D eigenvalue weighted by atomic mass is 35.5. The van der Waals surface area contributed by atoms with Crippen molar-refractivity contribution in [3.05, 3.63) is 39.8 Å². The summed E-state index contributed by atoms with van der Waals surface area (Å²) >= 11 is 9.14. The van der Waals surface area contributed by atoms with E-state index < -0.39 is 0 Å². The molecule has 0 spiro atoms. The summed E-state index contributed by atoms with van der Waals surface area (Å²) in [5.41, 5.74) is 3.80. The van der Waals surface area contributed by atoms with Crippen LogP contribution in [0.25, 0.3) is 10.2 Å². The average Bonchev–Trinajstić information content (AvgIpc) is 2.94. The first kappa shape index (κ1) is 11.0. The first-order valence-corrected chi connectivity index (χ1v) is 7.12. The number of anilines is 1. The second kappa shape index (κ2) is 4.60. The van der Waals surface area contributed by atoms with Gasteiger partial charge in [0.05, 0.1) is 28.0 Å². The van der Waals surface area contributed by atoms with Crippen molar-refractivity contribution >= 4 is 49.6 Å². The number of hydrogen-bond acceptors (Lipinski definition) is 5. The zero-order valence-corrected chi connectivity index (χ0v) is 11.1. The Morgan fingerprint density at radius 3 is 3.12 bits per heavy atom. The summed E-state index contributed by atoms with van der Waals surface area (Å²) in [6.45, 7) is 0.705. The molecule has 0 fully saturated rings. The van der Waals surface area contributed by atoms with Crippen LogP contribution in [0, 0.1) is 0 Å². The number of benzene rings is 1. The Bertz CT molecular complexity index is 633. The lowest BCUT2D eigenvalue weighted by atomic mass is 10.3. The van der Waals surface area contributed by atoms with Crippen LogP contribution in [0.3, 0.4) is 0 Å². The monoisotopic (exact) mass is 281 g/mol. The molecule has 0 saturated carbocycles. The molecule has 86 valence electrons. The van der Waals surface area contributed by atoms with Gasteiger partial charge in [-0.15, -0.1) is 11.3 Å². The van der Waals surface area contributed by atoms with Gasteiger partial charge in [-0.1, -0.05) is 22.9 Å². The smallest absolute Gasteiger partial charge is 0.184 e. The summed E-state index contributed by atoms with van der Waals surface area (Å²) in [5.74, 6) is 0. The van der Waals surface area contributed by atoms with Crippen molar-refractivity contribution in [1.82, 2.24) is 9.97 Å². The van der Waals surface area contributed by atoms with Gasteiger partial charge in [-0.2, -0.15) is 0 Å². The molecule has 0 aliphatic carbocycles. The van der Waals surface area contributed by atoms with Gasteiger partial charge in [0.1, 0.15) is 0 Å². The third-order valence-corrected chi connectivity index (χ3v) is 4.12. The summed E-state index contributed by atoms with van der Waals surface area (Å²) in [4.78, 5) is 8.68. The molecule has 0 amide bonds. The molecular weight excluding hydrogens is 274 g/mol. The molecule has 2 heterocycles. The summed E-state index contributed by atoms with van der Waals surface area (Å²) < 4.78 is 1.13. The molecule has 0 unspecified atom stereocenters. The molecule has 3 aromatic rings. The van der Waals surface area contributed by atoms with Gasteiger partial charge in [-0.25, -0.2) is 9.97 Å². The largest absolute Gasteiger partial charge is 0.356 e. The zero-order chi connectivity index (χ0) is 11.7. The lowest BCUT2D eigenvalue weighted by molar-refractivity contribution is 1.07. The Morgan fingerprint density at radius 2 is 2.29 bits per heavy atom. The maximum Gasteiger partial charge on any atom is 0.184 e. The Balaban J connectivity index is 1.81. The molecular formula is C11H8ClN3S2. The van der Waals surface area contributed by atoms with Gasteiger partial charge in [0, 0.05) is 10.4 Å². The Labute approximate surface area is 111 Å². The maximum atomic E-state index is 5.92. The number of nitrogens with zero attached hydrogens (tertiary/aromatic N) is 2. The fourth-order valence-electron chi connectivity index (χ4n) is 1.47. The molecule has 2 aromatic heterocycles. The number of fused-ring (bicyclic) bond motifs is 1. The van der Waals surface area contributed by atoms with E-state index >= 15 is 0 Å². The molecule has 1 aromatic carbocycles. The van der Waals surface area contributed by atoms with Crippen molar-refractivity contribution in [3.63, 3.8) is 0 Å². The fraction of sp³-hybridized carbons (Fsp3) is 0.0909. The minimum absolute atomic E-state index is 0.705. The predicted molar refractivity (Wildman–Crippen MR) is 74.1 cm³/mol. The maximum absolute atomic E-state index is 5.92. The van der Waals surface area contributed by atoms with Crippen LogP contribution >= 0.6 is 34.3 Å². The van der Waals surface area contributed by atoms with Crippen LogP contribution in [0.5, 0.6) is 0 Å². The van der Waals surface area contributed by atoms with Crippen LogP contribution in [-0.4, -0.2) is 9.97 Å². The van der Waals surface area contributed by atoms with Gasteiger partial charge in [-0.3, -0.25) is 0 Å². The molecule has 0 aliphatic heterocycles. The van der Waals surface area contributed by atoms with Gasteiger partial charge in [0.25, 0.3) is 0 Å². The first-order valence-electron chi connectivity index (χ1n) is 4.98. The Kier molecular flexibility index (Phi) is 2.96. The number of hydrogen-bond donors (Lipinski definition) is 1. The number of thiazole rings is 2. The van der Waals surface area contributed by atoms with E-state index in [2.05, 4.69) is 15.3 Å².